The molecule has 1 aliphatic rings. The molecule has 0 aliphatic carbocycles. The van der Waals surface area contributed by atoms with E-state index in [-0.39, 0.29) is 35.3 Å². The zero-order chi connectivity index (χ0) is 19.1. The first-order chi connectivity index (χ1) is 12.1. The molecule has 1 aromatic heterocycles. The molecular formula is C16H15F3N4O2S. The fourth-order valence-electron chi connectivity index (χ4n) is 2.82. The molecule has 1 aromatic carbocycles. The van der Waals surface area contributed by atoms with Crippen LogP contribution in [0.25, 0.3) is 0 Å². The number of nitrogens with zero attached hydrogens (tertiary/aromatic N) is 3. The molecule has 1 unspecified atom stereocenters. The number of nitrogens with one attached hydrogen (secondary N) is 1. The Hall–Kier alpha value is -2.49. The van der Waals surface area contributed by atoms with Gasteiger partial charge in [-0.2, -0.15) is 13.2 Å². The number of benzene rings is 1. The molecule has 2 heterocycles. The molecule has 1 aliphatic heterocycles. The van der Waals surface area contributed by atoms with Crippen LogP contribution < -0.4 is 10.2 Å². The van der Waals surface area contributed by atoms with Crippen LogP contribution in [0.5, 0.6) is 0 Å². The highest BCUT2D eigenvalue weighted by atomic mass is 32.1. The van der Waals surface area contributed by atoms with Gasteiger partial charge in [-0.15, -0.1) is 10.2 Å². The number of rotatable bonds is 3. The summed E-state index contributed by atoms with van der Waals surface area (Å²) < 4.78 is 37.6. The predicted molar refractivity (Wildman–Crippen MR) is 89.9 cm³/mol. The van der Waals surface area contributed by atoms with Crippen LogP contribution in [0.3, 0.4) is 0 Å². The Morgan fingerprint density at radius 1 is 1.31 bits per heavy atom. The van der Waals surface area contributed by atoms with Crippen molar-refractivity contribution < 1.29 is 22.8 Å². The van der Waals surface area contributed by atoms with Gasteiger partial charge < -0.3 is 10.2 Å². The molecule has 6 nitrogen and oxygen atoms in total. The summed E-state index contributed by atoms with van der Waals surface area (Å²) in [5.41, 5.74) is 2.70. The minimum Gasteiger partial charge on any atom is -0.311 e. The molecule has 1 N–H and O–H groups in total. The van der Waals surface area contributed by atoms with Crippen LogP contribution in [0, 0.1) is 19.8 Å². The molecule has 0 radical (unpaired) electrons. The predicted octanol–water partition coefficient (Wildman–Crippen LogP) is 3.17. The van der Waals surface area contributed by atoms with E-state index in [2.05, 4.69) is 15.5 Å². The molecule has 1 saturated heterocycles. The average Bonchev–Trinajstić information content (AvgIpc) is 3.14. The van der Waals surface area contributed by atoms with Crippen LogP contribution in [-0.4, -0.2) is 28.6 Å². The van der Waals surface area contributed by atoms with Crippen molar-refractivity contribution in [1.29, 1.82) is 0 Å². The zero-order valence-corrected chi connectivity index (χ0v) is 14.7. The van der Waals surface area contributed by atoms with Crippen LogP contribution in [-0.2, 0) is 15.8 Å². The fraction of sp³-hybridized carbons (Fsp3) is 0.375. The first-order valence-corrected chi connectivity index (χ1v) is 8.56. The average molecular weight is 384 g/mol. The third-order valence-corrected chi connectivity index (χ3v) is 4.92. The van der Waals surface area contributed by atoms with Gasteiger partial charge in [0.1, 0.15) is 0 Å². The van der Waals surface area contributed by atoms with E-state index in [0.29, 0.717) is 0 Å². The molecule has 3 rings (SSSR count). The highest BCUT2D eigenvalue weighted by Gasteiger charge is 2.38. The maximum absolute atomic E-state index is 12.5. The molecule has 138 valence electrons. The number of alkyl halides is 3. The van der Waals surface area contributed by atoms with Gasteiger partial charge in [0, 0.05) is 18.7 Å². The molecule has 10 heteroatoms. The van der Waals surface area contributed by atoms with E-state index >= 15 is 0 Å². The number of halogens is 3. The summed E-state index contributed by atoms with van der Waals surface area (Å²) in [5.74, 6) is -1.41. The Morgan fingerprint density at radius 2 is 2.04 bits per heavy atom. The van der Waals surface area contributed by atoms with Crippen molar-refractivity contribution in [2.45, 2.75) is 26.4 Å². The molecule has 2 aromatic rings. The summed E-state index contributed by atoms with van der Waals surface area (Å²) in [5, 5.41) is 7.30. The normalized spacial score (nSPS) is 17.7. The first-order valence-electron chi connectivity index (χ1n) is 7.74. The van der Waals surface area contributed by atoms with Crippen molar-refractivity contribution in [1.82, 2.24) is 10.2 Å². The van der Waals surface area contributed by atoms with Crippen molar-refractivity contribution in [3.63, 3.8) is 0 Å². The van der Waals surface area contributed by atoms with E-state index in [1.807, 2.05) is 32.0 Å². The van der Waals surface area contributed by atoms with E-state index in [9.17, 15) is 22.8 Å². The summed E-state index contributed by atoms with van der Waals surface area (Å²) in [7, 11) is 0. The Bertz CT molecular complexity index is 865. The smallest absolute Gasteiger partial charge is 0.311 e. The molecule has 0 spiro atoms. The summed E-state index contributed by atoms with van der Waals surface area (Å²) in [6, 6.07) is 5.64. The molecule has 26 heavy (non-hydrogen) atoms. The van der Waals surface area contributed by atoms with Gasteiger partial charge in [0.2, 0.25) is 22.0 Å². The lowest BCUT2D eigenvalue weighted by atomic mass is 10.1. The molecule has 2 amide bonds. The van der Waals surface area contributed by atoms with Gasteiger partial charge in [0.15, 0.2) is 0 Å². The van der Waals surface area contributed by atoms with Gasteiger partial charge in [-0.3, -0.25) is 9.59 Å². The Labute approximate surface area is 151 Å². The van der Waals surface area contributed by atoms with Crippen LogP contribution in [0.2, 0.25) is 0 Å². The third kappa shape index (κ3) is 3.69. The van der Waals surface area contributed by atoms with Crippen molar-refractivity contribution in [2.75, 3.05) is 16.8 Å². The SMILES string of the molecule is Cc1ccc(N2CC(C(=O)Nc3nnc(C(F)(F)F)s3)CC2=O)c(C)c1. The quantitative estimate of drug-likeness (QED) is 0.882. The highest BCUT2D eigenvalue weighted by molar-refractivity contribution is 7.15. The largest absolute Gasteiger partial charge is 0.445 e. The maximum atomic E-state index is 12.5. The van der Waals surface area contributed by atoms with Crippen molar-refractivity contribution in [3.05, 3.63) is 34.3 Å². The number of hydrogen-bond acceptors (Lipinski definition) is 5. The van der Waals surface area contributed by atoms with Gasteiger partial charge in [0.05, 0.1) is 5.92 Å². The number of hydrogen-bond donors (Lipinski definition) is 1. The minimum absolute atomic E-state index is 0.00984. The summed E-state index contributed by atoms with van der Waals surface area (Å²) in [6.07, 6.45) is -4.62. The van der Waals surface area contributed by atoms with Gasteiger partial charge >= 0.3 is 6.18 Å². The number of amides is 2. The minimum atomic E-state index is -4.61. The molecule has 1 atom stereocenters. The van der Waals surface area contributed by atoms with E-state index in [0.717, 1.165) is 16.8 Å². The number of anilines is 2. The van der Waals surface area contributed by atoms with Crippen LogP contribution in [0.4, 0.5) is 24.0 Å². The first kappa shape index (κ1) is 18.3. The van der Waals surface area contributed by atoms with E-state index in [4.69, 9.17) is 0 Å². The summed E-state index contributed by atoms with van der Waals surface area (Å²) in [6.45, 7) is 3.98. The van der Waals surface area contributed by atoms with Gasteiger partial charge in [-0.25, -0.2) is 0 Å². The lowest BCUT2D eigenvalue weighted by Crippen LogP contribution is -2.28. The van der Waals surface area contributed by atoms with Gasteiger partial charge in [-0.05, 0) is 25.5 Å². The number of aromatic nitrogens is 2. The molecular weight excluding hydrogens is 369 g/mol. The second-order valence-corrected chi connectivity index (χ2v) is 7.07. The monoisotopic (exact) mass is 384 g/mol. The van der Waals surface area contributed by atoms with Crippen molar-refractivity contribution in [2.24, 2.45) is 5.92 Å². The van der Waals surface area contributed by atoms with Gasteiger partial charge in [0.25, 0.3) is 0 Å². The number of carbonyl (C=O) groups is 2. The van der Waals surface area contributed by atoms with E-state index in [1.54, 1.807) is 0 Å². The Kier molecular flexibility index (Phi) is 4.70. The topological polar surface area (TPSA) is 75.2 Å². The Morgan fingerprint density at radius 3 is 2.65 bits per heavy atom. The van der Waals surface area contributed by atoms with Crippen LogP contribution in [0.15, 0.2) is 18.2 Å². The van der Waals surface area contributed by atoms with Crippen LogP contribution >= 0.6 is 11.3 Å². The maximum Gasteiger partial charge on any atom is 0.445 e. The van der Waals surface area contributed by atoms with E-state index < -0.39 is 23.0 Å². The Balaban J connectivity index is 1.70. The fourth-order valence-corrected chi connectivity index (χ4v) is 3.43. The number of aryl methyl sites for hydroxylation is 2. The van der Waals surface area contributed by atoms with Crippen molar-refractivity contribution >= 4 is 34.0 Å². The molecule has 0 bridgehead atoms. The third-order valence-electron chi connectivity index (χ3n) is 4.04. The van der Waals surface area contributed by atoms with Gasteiger partial charge in [-0.1, -0.05) is 29.0 Å². The molecule has 0 saturated carbocycles. The zero-order valence-electron chi connectivity index (χ0n) is 13.9. The molecule has 1 fully saturated rings. The number of carbonyl (C=O) groups excluding carboxylic acids is 2. The summed E-state index contributed by atoms with van der Waals surface area (Å²) >= 11 is 0.251. The highest BCUT2D eigenvalue weighted by Crippen LogP contribution is 2.34. The standard InChI is InChI=1S/C16H15F3N4O2S/c1-8-3-4-11(9(2)5-8)23-7-10(6-12(23)24)13(25)20-15-22-21-14(26-15)16(17,18)19/h3-5,10H,6-7H2,1-2H3,(H,20,22,25). The second-order valence-electron chi connectivity index (χ2n) is 6.09. The summed E-state index contributed by atoms with van der Waals surface area (Å²) in [4.78, 5) is 26.1. The lowest BCUT2D eigenvalue weighted by Gasteiger charge is -2.19. The second kappa shape index (κ2) is 6.67. The lowest BCUT2D eigenvalue weighted by molar-refractivity contribution is -0.138. The van der Waals surface area contributed by atoms with Crippen LogP contribution in [0.1, 0.15) is 22.6 Å². The van der Waals surface area contributed by atoms with E-state index in [1.165, 1.54) is 4.90 Å². The van der Waals surface area contributed by atoms with Crippen molar-refractivity contribution in [3.8, 4) is 0 Å².